The average Bonchev–Trinajstić information content (AvgIpc) is 3.32. The minimum absolute atomic E-state index is 0.0612. The van der Waals surface area contributed by atoms with Crippen LogP contribution in [-0.2, 0) is 6.42 Å². The first kappa shape index (κ1) is 19.4. The SMILES string of the molecule is O=C(c1cnn2c(-c3ccccc3)cc(-c3ccccc3)nc12)N1CCCc2ccccc21. The number of nitrogens with zero attached hydrogens (tertiary/aromatic N) is 4. The maximum Gasteiger partial charge on any atom is 0.263 e. The zero-order valence-electron chi connectivity index (χ0n) is 18.1. The first-order chi connectivity index (χ1) is 16.3. The van der Waals surface area contributed by atoms with Crippen LogP contribution < -0.4 is 4.90 Å². The van der Waals surface area contributed by atoms with Crippen molar-refractivity contribution >= 4 is 17.2 Å². The van der Waals surface area contributed by atoms with Crippen LogP contribution in [0.5, 0.6) is 0 Å². The number of para-hydroxylation sites is 1. The van der Waals surface area contributed by atoms with E-state index in [1.165, 1.54) is 5.56 Å². The molecule has 0 saturated carbocycles. The zero-order valence-corrected chi connectivity index (χ0v) is 18.1. The summed E-state index contributed by atoms with van der Waals surface area (Å²) in [6.07, 6.45) is 3.59. The molecule has 1 aliphatic heterocycles. The van der Waals surface area contributed by atoms with Crippen LogP contribution in [0.15, 0.2) is 97.2 Å². The van der Waals surface area contributed by atoms with E-state index in [-0.39, 0.29) is 5.91 Å². The molecule has 0 atom stereocenters. The fraction of sp³-hybridized carbons (Fsp3) is 0.107. The fourth-order valence-electron chi connectivity index (χ4n) is 4.58. The van der Waals surface area contributed by atoms with E-state index in [0.717, 1.165) is 41.0 Å². The van der Waals surface area contributed by atoms with Gasteiger partial charge < -0.3 is 4.90 Å². The van der Waals surface area contributed by atoms with Crippen LogP contribution in [0.25, 0.3) is 28.2 Å². The van der Waals surface area contributed by atoms with Gasteiger partial charge in [-0.25, -0.2) is 9.50 Å². The summed E-state index contributed by atoms with van der Waals surface area (Å²) in [5.41, 5.74) is 7.01. The van der Waals surface area contributed by atoms with Crippen LogP contribution in [0.4, 0.5) is 5.69 Å². The van der Waals surface area contributed by atoms with Gasteiger partial charge in [-0.15, -0.1) is 0 Å². The molecule has 0 spiro atoms. The zero-order chi connectivity index (χ0) is 22.2. The van der Waals surface area contributed by atoms with Crippen molar-refractivity contribution in [2.24, 2.45) is 0 Å². The van der Waals surface area contributed by atoms with E-state index >= 15 is 0 Å². The number of anilines is 1. The van der Waals surface area contributed by atoms with Crippen molar-refractivity contribution in [3.8, 4) is 22.5 Å². The predicted octanol–water partition coefficient (Wildman–Crippen LogP) is 5.66. The highest BCUT2D eigenvalue weighted by Gasteiger charge is 2.27. The first-order valence-corrected chi connectivity index (χ1v) is 11.2. The number of aromatic nitrogens is 3. The van der Waals surface area contributed by atoms with Gasteiger partial charge in [-0.1, -0.05) is 78.9 Å². The molecule has 0 N–H and O–H groups in total. The normalized spacial score (nSPS) is 13.2. The van der Waals surface area contributed by atoms with Crippen molar-refractivity contribution in [2.75, 3.05) is 11.4 Å². The Morgan fingerprint density at radius 2 is 1.52 bits per heavy atom. The molecule has 1 aliphatic rings. The smallest absolute Gasteiger partial charge is 0.263 e. The molecule has 5 nitrogen and oxygen atoms in total. The molecule has 5 aromatic rings. The Morgan fingerprint density at radius 1 is 0.818 bits per heavy atom. The van der Waals surface area contributed by atoms with Crippen LogP contribution in [0, 0.1) is 0 Å². The molecule has 0 aliphatic carbocycles. The highest BCUT2D eigenvalue weighted by molar-refractivity contribution is 6.10. The van der Waals surface area contributed by atoms with Gasteiger partial charge in [0, 0.05) is 23.4 Å². The number of aryl methyl sites for hydroxylation is 1. The second-order valence-electron chi connectivity index (χ2n) is 8.24. The van der Waals surface area contributed by atoms with E-state index in [1.807, 2.05) is 89.8 Å². The van der Waals surface area contributed by atoms with E-state index in [0.29, 0.717) is 17.8 Å². The maximum absolute atomic E-state index is 13.8. The summed E-state index contributed by atoms with van der Waals surface area (Å²) in [7, 11) is 0. The van der Waals surface area contributed by atoms with Crippen molar-refractivity contribution in [1.82, 2.24) is 14.6 Å². The van der Waals surface area contributed by atoms with Gasteiger partial charge in [0.25, 0.3) is 5.91 Å². The second kappa shape index (κ2) is 8.02. The highest BCUT2D eigenvalue weighted by atomic mass is 16.2. The third-order valence-electron chi connectivity index (χ3n) is 6.20. The van der Waals surface area contributed by atoms with E-state index in [2.05, 4.69) is 11.2 Å². The number of carbonyl (C=O) groups is 1. The van der Waals surface area contributed by atoms with E-state index in [1.54, 1.807) is 10.7 Å². The number of amides is 1. The van der Waals surface area contributed by atoms with Crippen LogP contribution in [-0.4, -0.2) is 27.0 Å². The summed E-state index contributed by atoms with van der Waals surface area (Å²) in [5.74, 6) is -0.0612. The van der Waals surface area contributed by atoms with E-state index in [9.17, 15) is 4.79 Å². The summed E-state index contributed by atoms with van der Waals surface area (Å²) >= 11 is 0. The van der Waals surface area contributed by atoms with Gasteiger partial charge >= 0.3 is 0 Å². The molecule has 1 amide bonds. The summed E-state index contributed by atoms with van der Waals surface area (Å²) in [6.45, 7) is 0.692. The summed E-state index contributed by atoms with van der Waals surface area (Å²) in [4.78, 5) is 20.6. The molecule has 0 fully saturated rings. The van der Waals surface area contributed by atoms with Gasteiger partial charge in [0.1, 0.15) is 5.56 Å². The molecule has 0 bridgehead atoms. The molecule has 0 unspecified atom stereocenters. The Bertz CT molecular complexity index is 1460. The summed E-state index contributed by atoms with van der Waals surface area (Å²) in [6, 6.07) is 30.3. The van der Waals surface area contributed by atoms with Crippen molar-refractivity contribution in [1.29, 1.82) is 0 Å². The molecule has 0 radical (unpaired) electrons. The molecule has 3 heterocycles. The Morgan fingerprint density at radius 3 is 2.30 bits per heavy atom. The molecule has 0 saturated heterocycles. The van der Waals surface area contributed by atoms with Crippen LogP contribution in [0.2, 0.25) is 0 Å². The molecule has 5 heteroatoms. The lowest BCUT2D eigenvalue weighted by atomic mass is 10.0. The largest absolute Gasteiger partial charge is 0.308 e. The van der Waals surface area contributed by atoms with Crippen LogP contribution in [0.3, 0.4) is 0 Å². The lowest BCUT2D eigenvalue weighted by Crippen LogP contribution is -2.35. The van der Waals surface area contributed by atoms with E-state index in [4.69, 9.17) is 4.98 Å². The Kier molecular flexibility index (Phi) is 4.73. The Hall–Kier alpha value is -4.25. The van der Waals surface area contributed by atoms with Gasteiger partial charge in [0.05, 0.1) is 17.6 Å². The maximum atomic E-state index is 13.8. The Balaban J connectivity index is 1.54. The number of rotatable bonds is 3. The molecular formula is C28H22N4O. The number of benzene rings is 3. The fourth-order valence-corrected chi connectivity index (χ4v) is 4.58. The van der Waals surface area contributed by atoms with Gasteiger partial charge in [-0.3, -0.25) is 4.79 Å². The lowest BCUT2D eigenvalue weighted by molar-refractivity contribution is 0.0986. The molecule has 160 valence electrons. The number of hydrogen-bond donors (Lipinski definition) is 0. The van der Waals surface area contributed by atoms with Gasteiger partial charge in [0.15, 0.2) is 5.65 Å². The monoisotopic (exact) mass is 430 g/mol. The van der Waals surface area contributed by atoms with Crippen LogP contribution in [0.1, 0.15) is 22.3 Å². The molecular weight excluding hydrogens is 408 g/mol. The predicted molar refractivity (Wildman–Crippen MR) is 130 cm³/mol. The van der Waals surface area contributed by atoms with Gasteiger partial charge in [-0.2, -0.15) is 5.10 Å². The summed E-state index contributed by atoms with van der Waals surface area (Å²) < 4.78 is 1.78. The Labute approximate surface area is 192 Å². The quantitative estimate of drug-likeness (QED) is 0.371. The molecule has 3 aromatic carbocycles. The molecule has 6 rings (SSSR count). The number of hydrogen-bond acceptors (Lipinski definition) is 3. The summed E-state index contributed by atoms with van der Waals surface area (Å²) in [5, 5.41) is 4.61. The van der Waals surface area contributed by atoms with Crippen molar-refractivity contribution in [3.63, 3.8) is 0 Å². The topological polar surface area (TPSA) is 50.5 Å². The van der Waals surface area contributed by atoms with Crippen molar-refractivity contribution in [3.05, 3.63) is 108 Å². The molecule has 33 heavy (non-hydrogen) atoms. The average molecular weight is 431 g/mol. The van der Waals surface area contributed by atoms with Gasteiger partial charge in [0.2, 0.25) is 0 Å². The van der Waals surface area contributed by atoms with Crippen molar-refractivity contribution < 1.29 is 4.79 Å². The minimum atomic E-state index is -0.0612. The lowest BCUT2D eigenvalue weighted by Gasteiger charge is -2.29. The minimum Gasteiger partial charge on any atom is -0.308 e. The third kappa shape index (κ3) is 3.38. The van der Waals surface area contributed by atoms with Gasteiger partial charge in [-0.05, 0) is 30.5 Å². The highest BCUT2D eigenvalue weighted by Crippen LogP contribution is 2.31. The van der Waals surface area contributed by atoms with Crippen LogP contribution >= 0.6 is 0 Å². The molecule has 2 aromatic heterocycles. The van der Waals surface area contributed by atoms with Crippen molar-refractivity contribution in [2.45, 2.75) is 12.8 Å². The third-order valence-corrected chi connectivity index (χ3v) is 6.20. The second-order valence-corrected chi connectivity index (χ2v) is 8.24. The number of fused-ring (bicyclic) bond motifs is 2. The standard InChI is InChI=1S/C28H22N4O/c33-28(31-17-9-15-21-14-7-8-16-25(21)31)23-19-29-32-26(22-12-5-2-6-13-22)18-24(30-27(23)32)20-10-3-1-4-11-20/h1-8,10-14,16,18-19H,9,15,17H2. The van der Waals surface area contributed by atoms with E-state index < -0.39 is 0 Å². The first-order valence-electron chi connectivity index (χ1n) is 11.2. The number of carbonyl (C=O) groups excluding carboxylic acids is 1.